The first-order chi connectivity index (χ1) is 14.4. The Bertz CT molecular complexity index is 1130. The van der Waals surface area contributed by atoms with Crippen molar-refractivity contribution in [2.45, 2.75) is 24.9 Å². The minimum absolute atomic E-state index is 0.165. The normalized spacial score (nSPS) is 11.1. The van der Waals surface area contributed by atoms with Crippen LogP contribution in [0.15, 0.2) is 77.7 Å². The van der Waals surface area contributed by atoms with Crippen molar-refractivity contribution in [1.82, 2.24) is 15.4 Å². The van der Waals surface area contributed by atoms with Crippen molar-refractivity contribution in [2.24, 2.45) is 0 Å². The summed E-state index contributed by atoms with van der Waals surface area (Å²) in [6.45, 7) is 2.69. The predicted octanol–water partition coefficient (Wildman–Crippen LogP) is 3.57. The summed E-state index contributed by atoms with van der Waals surface area (Å²) in [4.78, 5) is 12.3. The molecule has 3 aromatic carbocycles. The van der Waals surface area contributed by atoms with Gasteiger partial charge in [0, 0.05) is 13.1 Å². The maximum Gasteiger partial charge on any atom is 0.315 e. The summed E-state index contributed by atoms with van der Waals surface area (Å²) in [5.41, 5.74) is 5.19. The smallest absolute Gasteiger partial charge is 0.315 e. The zero-order valence-electron chi connectivity index (χ0n) is 17.0. The fourth-order valence-electron chi connectivity index (χ4n) is 3.01. The minimum atomic E-state index is -3.51. The Balaban J connectivity index is 1.52. The Labute approximate surface area is 177 Å². The third kappa shape index (κ3) is 5.68. The van der Waals surface area contributed by atoms with Gasteiger partial charge >= 0.3 is 6.03 Å². The van der Waals surface area contributed by atoms with E-state index in [-0.39, 0.29) is 17.5 Å². The van der Waals surface area contributed by atoms with Crippen molar-refractivity contribution in [3.05, 3.63) is 89.5 Å². The predicted molar refractivity (Wildman–Crippen MR) is 118 cm³/mol. The highest BCUT2D eigenvalue weighted by Gasteiger charge is 2.11. The number of aryl methyl sites for hydroxylation is 1. The van der Waals surface area contributed by atoms with Crippen LogP contribution in [0.4, 0.5) is 4.79 Å². The number of rotatable bonds is 7. The lowest BCUT2D eigenvalue weighted by Crippen LogP contribution is -2.34. The van der Waals surface area contributed by atoms with Gasteiger partial charge in [-0.2, -0.15) is 0 Å². The minimum Gasteiger partial charge on any atom is -0.334 e. The highest BCUT2D eigenvalue weighted by atomic mass is 32.2. The van der Waals surface area contributed by atoms with Crippen LogP contribution in [0.1, 0.15) is 16.7 Å². The number of amides is 2. The van der Waals surface area contributed by atoms with Crippen LogP contribution < -0.4 is 15.4 Å². The second kappa shape index (κ2) is 9.56. The number of sulfonamides is 1. The van der Waals surface area contributed by atoms with Crippen molar-refractivity contribution in [1.29, 1.82) is 0 Å². The molecular weight excluding hydrogens is 398 g/mol. The highest BCUT2D eigenvalue weighted by molar-refractivity contribution is 7.89. The molecule has 0 heterocycles. The zero-order chi connectivity index (χ0) is 21.6. The van der Waals surface area contributed by atoms with E-state index >= 15 is 0 Å². The van der Waals surface area contributed by atoms with Crippen molar-refractivity contribution < 1.29 is 13.2 Å². The maximum atomic E-state index is 12.1. The zero-order valence-corrected chi connectivity index (χ0v) is 17.8. The van der Waals surface area contributed by atoms with Crippen molar-refractivity contribution >= 4 is 16.1 Å². The molecule has 6 nitrogen and oxygen atoms in total. The van der Waals surface area contributed by atoms with Crippen LogP contribution in [-0.4, -0.2) is 21.5 Å². The van der Waals surface area contributed by atoms with Gasteiger partial charge in [0.2, 0.25) is 10.0 Å². The van der Waals surface area contributed by atoms with Crippen LogP contribution in [0, 0.1) is 6.92 Å². The number of nitrogens with one attached hydrogen (secondary N) is 3. The van der Waals surface area contributed by atoms with Crippen LogP contribution in [0.25, 0.3) is 11.1 Å². The Morgan fingerprint density at radius 3 is 2.13 bits per heavy atom. The van der Waals surface area contributed by atoms with Gasteiger partial charge in [-0.1, -0.05) is 66.2 Å². The molecule has 0 fully saturated rings. The van der Waals surface area contributed by atoms with E-state index in [0.29, 0.717) is 12.1 Å². The van der Waals surface area contributed by atoms with E-state index in [4.69, 9.17) is 0 Å². The summed E-state index contributed by atoms with van der Waals surface area (Å²) in [5, 5.41) is 5.56. The van der Waals surface area contributed by atoms with Crippen LogP contribution >= 0.6 is 0 Å². The van der Waals surface area contributed by atoms with E-state index in [2.05, 4.69) is 40.5 Å². The molecule has 0 unspecified atom stereocenters. The molecule has 30 heavy (non-hydrogen) atoms. The lowest BCUT2D eigenvalue weighted by Gasteiger charge is -2.10. The molecule has 0 aromatic heterocycles. The molecule has 0 radical (unpaired) electrons. The van der Waals surface area contributed by atoms with E-state index < -0.39 is 10.0 Å². The number of hydrogen-bond donors (Lipinski definition) is 3. The van der Waals surface area contributed by atoms with E-state index in [1.807, 2.05) is 30.3 Å². The number of carbonyl (C=O) groups is 1. The van der Waals surface area contributed by atoms with Gasteiger partial charge in [-0.15, -0.1) is 0 Å². The average Bonchev–Trinajstić information content (AvgIpc) is 2.77. The molecule has 156 valence electrons. The molecule has 0 saturated carbocycles. The van der Waals surface area contributed by atoms with E-state index in [9.17, 15) is 13.2 Å². The Morgan fingerprint density at radius 1 is 0.800 bits per heavy atom. The van der Waals surface area contributed by atoms with E-state index in [0.717, 1.165) is 16.7 Å². The molecule has 0 bridgehead atoms. The number of carbonyl (C=O) groups excluding carboxylic acids is 1. The highest BCUT2D eigenvalue weighted by Crippen LogP contribution is 2.20. The molecular formula is C23H25N3O3S. The average molecular weight is 424 g/mol. The number of hydrogen-bond acceptors (Lipinski definition) is 3. The topological polar surface area (TPSA) is 87.3 Å². The molecule has 3 rings (SSSR count). The van der Waals surface area contributed by atoms with Gasteiger partial charge in [0.1, 0.15) is 0 Å². The fraction of sp³-hybridized carbons (Fsp3) is 0.174. The van der Waals surface area contributed by atoms with Gasteiger partial charge in [0.05, 0.1) is 4.90 Å². The molecule has 0 atom stereocenters. The largest absolute Gasteiger partial charge is 0.334 e. The van der Waals surface area contributed by atoms with Gasteiger partial charge in [-0.3, -0.25) is 0 Å². The summed E-state index contributed by atoms with van der Waals surface area (Å²) in [6, 6.07) is 22.5. The van der Waals surface area contributed by atoms with Gasteiger partial charge in [0.25, 0.3) is 0 Å². The van der Waals surface area contributed by atoms with Crippen molar-refractivity contribution in [2.75, 3.05) is 7.05 Å². The molecule has 3 aromatic rings. The summed E-state index contributed by atoms with van der Waals surface area (Å²) in [7, 11) is -2.15. The first-order valence-electron chi connectivity index (χ1n) is 9.57. The summed E-state index contributed by atoms with van der Waals surface area (Å²) in [5.74, 6) is 0. The standard InChI is InChI=1S/C23H25N3O3S/c1-17-5-3-7-21(13-17)20-11-9-18(10-12-20)15-25-23(27)26-16-19-6-4-8-22(14-19)30(28,29)24-2/h3-14,24H,15-16H2,1-2H3,(H2,25,26,27). The molecule has 0 aliphatic heterocycles. The Kier molecular flexibility index (Phi) is 6.87. The second-order valence-electron chi connectivity index (χ2n) is 6.96. The number of benzene rings is 3. The SMILES string of the molecule is CNS(=O)(=O)c1cccc(CNC(=O)NCc2ccc(-c3cccc(C)c3)cc2)c1. The van der Waals surface area contributed by atoms with Crippen molar-refractivity contribution in [3.8, 4) is 11.1 Å². The fourth-order valence-corrected chi connectivity index (χ4v) is 3.81. The molecule has 0 aliphatic carbocycles. The summed E-state index contributed by atoms with van der Waals surface area (Å²) < 4.78 is 26.0. The molecule has 2 amide bonds. The molecule has 3 N–H and O–H groups in total. The van der Waals surface area contributed by atoms with Gasteiger partial charge in [-0.05, 0) is 48.4 Å². The molecule has 0 spiro atoms. The van der Waals surface area contributed by atoms with Crippen LogP contribution in [0.5, 0.6) is 0 Å². The first kappa shape index (κ1) is 21.5. The Morgan fingerprint density at radius 2 is 1.47 bits per heavy atom. The summed E-state index contributed by atoms with van der Waals surface area (Å²) in [6.07, 6.45) is 0. The first-order valence-corrected chi connectivity index (χ1v) is 11.1. The van der Waals surface area contributed by atoms with Crippen LogP contribution in [-0.2, 0) is 23.1 Å². The van der Waals surface area contributed by atoms with Crippen molar-refractivity contribution in [3.63, 3.8) is 0 Å². The van der Waals surface area contributed by atoms with Gasteiger partial charge in [0.15, 0.2) is 0 Å². The van der Waals surface area contributed by atoms with E-state index in [1.165, 1.54) is 24.7 Å². The third-order valence-corrected chi connectivity index (χ3v) is 6.10. The van der Waals surface area contributed by atoms with Gasteiger partial charge < -0.3 is 10.6 Å². The van der Waals surface area contributed by atoms with Gasteiger partial charge in [-0.25, -0.2) is 17.9 Å². The number of urea groups is 1. The van der Waals surface area contributed by atoms with Crippen LogP contribution in [0.2, 0.25) is 0 Å². The quantitative estimate of drug-likeness (QED) is 0.543. The second-order valence-corrected chi connectivity index (χ2v) is 8.84. The van der Waals surface area contributed by atoms with E-state index in [1.54, 1.807) is 12.1 Å². The molecule has 0 aliphatic rings. The molecule has 0 saturated heterocycles. The lowest BCUT2D eigenvalue weighted by molar-refractivity contribution is 0.240. The Hall–Kier alpha value is -3.16. The monoisotopic (exact) mass is 423 g/mol. The van der Waals surface area contributed by atoms with Crippen LogP contribution in [0.3, 0.4) is 0 Å². The summed E-state index contributed by atoms with van der Waals surface area (Å²) >= 11 is 0. The lowest BCUT2D eigenvalue weighted by atomic mass is 10.0. The third-order valence-electron chi connectivity index (χ3n) is 4.69. The molecule has 7 heteroatoms. The maximum absolute atomic E-state index is 12.1.